The summed E-state index contributed by atoms with van der Waals surface area (Å²) in [6.45, 7) is 2.32. The number of rotatable bonds is 3. The fourth-order valence-electron chi connectivity index (χ4n) is 2.25. The van der Waals surface area contributed by atoms with Gasteiger partial charge in [0.25, 0.3) is 0 Å². The molecule has 1 atom stereocenters. The van der Waals surface area contributed by atoms with Gasteiger partial charge in [-0.25, -0.2) is 14.8 Å². The molecule has 0 aliphatic carbocycles. The number of carbonyl (C=O) groups excluding carboxylic acids is 1. The van der Waals surface area contributed by atoms with Crippen LogP contribution in [0.25, 0.3) is 0 Å². The van der Waals surface area contributed by atoms with Crippen LogP contribution < -0.4 is 10.2 Å². The molecule has 1 fully saturated rings. The van der Waals surface area contributed by atoms with Gasteiger partial charge in [0.05, 0.1) is 11.3 Å². The first-order valence-electron chi connectivity index (χ1n) is 6.09. The van der Waals surface area contributed by atoms with Crippen molar-refractivity contribution < 1.29 is 14.7 Å². The van der Waals surface area contributed by atoms with Crippen LogP contribution in [-0.2, 0) is 4.79 Å². The molecule has 1 aromatic rings. The number of aromatic nitrogens is 2. The number of hydrogen-bond donors (Lipinski definition) is 2. The number of hydrogen-bond acceptors (Lipinski definition) is 5. The molecule has 0 saturated carbocycles. The number of nitrogens with zero attached hydrogens (tertiary/aromatic N) is 3. The predicted octanol–water partition coefficient (Wildman–Crippen LogP) is 0.198. The van der Waals surface area contributed by atoms with Crippen molar-refractivity contribution in [3.8, 4) is 0 Å². The van der Waals surface area contributed by atoms with Crippen molar-refractivity contribution in [2.24, 2.45) is 0 Å². The number of likely N-dealkylation sites (N-methyl/N-ethyl adjacent to an activating group) is 1. The maximum absolute atomic E-state index is 11.8. The van der Waals surface area contributed by atoms with Crippen LogP contribution in [0.15, 0.2) is 6.20 Å². The van der Waals surface area contributed by atoms with E-state index in [4.69, 9.17) is 5.11 Å². The van der Waals surface area contributed by atoms with E-state index in [0.29, 0.717) is 18.2 Å². The average molecular weight is 264 g/mol. The number of anilines is 1. The molecule has 102 valence electrons. The van der Waals surface area contributed by atoms with Crippen molar-refractivity contribution in [3.05, 3.63) is 17.5 Å². The van der Waals surface area contributed by atoms with Gasteiger partial charge in [-0.05, 0) is 19.8 Å². The third-order valence-electron chi connectivity index (χ3n) is 3.26. The Balaban J connectivity index is 2.29. The molecule has 2 N–H and O–H groups in total. The first kappa shape index (κ1) is 13.3. The molecule has 2 heterocycles. The van der Waals surface area contributed by atoms with Crippen LogP contribution in [-0.4, -0.2) is 46.6 Å². The fourth-order valence-corrected chi connectivity index (χ4v) is 2.25. The van der Waals surface area contributed by atoms with Gasteiger partial charge in [-0.2, -0.15) is 0 Å². The molecule has 7 nitrogen and oxygen atoms in total. The summed E-state index contributed by atoms with van der Waals surface area (Å²) in [4.78, 5) is 32.7. The van der Waals surface area contributed by atoms with Crippen LogP contribution in [0.2, 0.25) is 0 Å². The van der Waals surface area contributed by atoms with Gasteiger partial charge < -0.3 is 15.3 Å². The summed E-state index contributed by atoms with van der Waals surface area (Å²) in [5.74, 6) is -0.706. The molecule has 7 heteroatoms. The van der Waals surface area contributed by atoms with Crippen molar-refractivity contribution in [2.75, 3.05) is 18.5 Å². The highest BCUT2D eigenvalue weighted by molar-refractivity contribution is 5.88. The maximum Gasteiger partial charge on any atom is 0.339 e. The molecule has 0 aromatic carbocycles. The van der Waals surface area contributed by atoms with Crippen LogP contribution >= 0.6 is 0 Å². The summed E-state index contributed by atoms with van der Waals surface area (Å²) in [5.41, 5.74) is 0.486. The molecule has 19 heavy (non-hydrogen) atoms. The van der Waals surface area contributed by atoms with E-state index in [1.807, 2.05) is 4.90 Å². The van der Waals surface area contributed by atoms with Crippen molar-refractivity contribution in [1.82, 2.24) is 15.3 Å². The van der Waals surface area contributed by atoms with Gasteiger partial charge in [0.15, 0.2) is 0 Å². The molecule has 1 unspecified atom stereocenters. The van der Waals surface area contributed by atoms with Gasteiger partial charge in [0, 0.05) is 19.8 Å². The van der Waals surface area contributed by atoms with Gasteiger partial charge in [0.1, 0.15) is 6.04 Å². The van der Waals surface area contributed by atoms with E-state index in [9.17, 15) is 9.59 Å². The van der Waals surface area contributed by atoms with E-state index in [2.05, 4.69) is 15.3 Å². The third-order valence-corrected chi connectivity index (χ3v) is 3.26. The Hall–Kier alpha value is -2.18. The van der Waals surface area contributed by atoms with Crippen LogP contribution in [0, 0.1) is 6.92 Å². The minimum absolute atomic E-state index is 0.0685. The highest BCUT2D eigenvalue weighted by Gasteiger charge is 2.32. The standard InChI is InChI=1S/C12H16N4O3/c1-7-8(11(18)19)6-14-12(15-7)16-5-3-4-9(16)10(17)13-2/h6,9H,3-5H2,1-2H3,(H,13,17)(H,18,19). The lowest BCUT2D eigenvalue weighted by atomic mass is 10.2. The first-order chi connectivity index (χ1) is 9.04. The number of carbonyl (C=O) groups is 2. The third kappa shape index (κ3) is 2.49. The quantitative estimate of drug-likeness (QED) is 0.809. The minimum Gasteiger partial charge on any atom is -0.478 e. The second-order valence-electron chi connectivity index (χ2n) is 4.44. The second kappa shape index (κ2) is 5.21. The first-order valence-corrected chi connectivity index (χ1v) is 6.09. The van der Waals surface area contributed by atoms with Crippen molar-refractivity contribution >= 4 is 17.8 Å². The molecule has 1 aliphatic heterocycles. The molecular weight excluding hydrogens is 248 g/mol. The highest BCUT2D eigenvalue weighted by Crippen LogP contribution is 2.23. The molecule has 1 amide bonds. The van der Waals surface area contributed by atoms with Crippen LogP contribution in [0.3, 0.4) is 0 Å². The normalized spacial score (nSPS) is 18.4. The van der Waals surface area contributed by atoms with Gasteiger partial charge in [-0.15, -0.1) is 0 Å². The summed E-state index contributed by atoms with van der Waals surface area (Å²) >= 11 is 0. The summed E-state index contributed by atoms with van der Waals surface area (Å²) in [7, 11) is 1.60. The van der Waals surface area contributed by atoms with E-state index >= 15 is 0 Å². The smallest absolute Gasteiger partial charge is 0.339 e. The minimum atomic E-state index is -1.05. The van der Waals surface area contributed by atoms with E-state index in [1.54, 1.807) is 14.0 Å². The Morgan fingerprint density at radius 3 is 2.84 bits per heavy atom. The summed E-state index contributed by atoms with van der Waals surface area (Å²) in [5, 5.41) is 11.6. The number of amides is 1. The number of nitrogens with one attached hydrogen (secondary N) is 1. The average Bonchev–Trinajstić information content (AvgIpc) is 2.86. The van der Waals surface area contributed by atoms with Gasteiger partial charge in [-0.3, -0.25) is 4.79 Å². The summed E-state index contributed by atoms with van der Waals surface area (Å²) < 4.78 is 0. The second-order valence-corrected chi connectivity index (χ2v) is 4.44. The monoisotopic (exact) mass is 264 g/mol. The SMILES string of the molecule is CNC(=O)C1CCCN1c1ncc(C(=O)O)c(C)n1. The molecular formula is C12H16N4O3. The lowest BCUT2D eigenvalue weighted by Gasteiger charge is -2.23. The Labute approximate surface area is 110 Å². The van der Waals surface area contributed by atoms with Crippen molar-refractivity contribution in [1.29, 1.82) is 0 Å². The molecule has 2 rings (SSSR count). The van der Waals surface area contributed by atoms with Gasteiger partial charge >= 0.3 is 5.97 Å². The number of aryl methyl sites for hydroxylation is 1. The van der Waals surface area contributed by atoms with E-state index in [0.717, 1.165) is 12.8 Å². The topological polar surface area (TPSA) is 95.4 Å². The van der Waals surface area contributed by atoms with Gasteiger partial charge in [0.2, 0.25) is 11.9 Å². The number of carboxylic acid groups (broad SMARTS) is 1. The Morgan fingerprint density at radius 2 is 2.26 bits per heavy atom. The molecule has 1 aliphatic rings. The molecule has 1 saturated heterocycles. The van der Waals surface area contributed by atoms with E-state index in [1.165, 1.54) is 6.20 Å². The van der Waals surface area contributed by atoms with Crippen LogP contribution in [0.5, 0.6) is 0 Å². The Kier molecular flexibility index (Phi) is 3.64. The van der Waals surface area contributed by atoms with E-state index < -0.39 is 5.97 Å². The largest absolute Gasteiger partial charge is 0.478 e. The summed E-state index contributed by atoms with van der Waals surface area (Å²) in [6, 6.07) is -0.278. The highest BCUT2D eigenvalue weighted by atomic mass is 16.4. The molecule has 0 radical (unpaired) electrons. The zero-order valence-corrected chi connectivity index (χ0v) is 10.9. The van der Waals surface area contributed by atoms with E-state index in [-0.39, 0.29) is 17.5 Å². The van der Waals surface area contributed by atoms with Crippen molar-refractivity contribution in [2.45, 2.75) is 25.8 Å². The lowest BCUT2D eigenvalue weighted by Crippen LogP contribution is -2.42. The van der Waals surface area contributed by atoms with Gasteiger partial charge in [-0.1, -0.05) is 0 Å². The lowest BCUT2D eigenvalue weighted by molar-refractivity contribution is -0.121. The zero-order valence-electron chi connectivity index (χ0n) is 10.9. The van der Waals surface area contributed by atoms with Crippen LogP contribution in [0.1, 0.15) is 28.9 Å². The Morgan fingerprint density at radius 1 is 1.53 bits per heavy atom. The molecule has 1 aromatic heterocycles. The maximum atomic E-state index is 11.8. The molecule has 0 bridgehead atoms. The zero-order chi connectivity index (χ0) is 14.0. The van der Waals surface area contributed by atoms with Crippen LogP contribution in [0.4, 0.5) is 5.95 Å². The number of carboxylic acids is 1. The summed E-state index contributed by atoms with van der Waals surface area (Å²) in [6.07, 6.45) is 2.93. The number of aromatic carboxylic acids is 1. The Bertz CT molecular complexity index is 518. The van der Waals surface area contributed by atoms with Crippen molar-refractivity contribution in [3.63, 3.8) is 0 Å². The molecule has 0 spiro atoms. The fraction of sp³-hybridized carbons (Fsp3) is 0.500. The predicted molar refractivity (Wildman–Crippen MR) is 68.2 cm³/mol.